The van der Waals surface area contributed by atoms with Gasteiger partial charge in [0, 0.05) is 17.8 Å². The average Bonchev–Trinajstić information content (AvgIpc) is 2.76. The highest BCUT2D eigenvalue weighted by Gasteiger charge is 2.28. The maximum Gasteiger partial charge on any atom is 0.271 e. The quantitative estimate of drug-likeness (QED) is 0.319. The van der Waals surface area contributed by atoms with E-state index >= 15 is 0 Å². The van der Waals surface area contributed by atoms with Crippen molar-refractivity contribution in [1.82, 2.24) is 5.43 Å². The lowest BCUT2D eigenvalue weighted by molar-refractivity contribution is -0.384. The van der Waals surface area contributed by atoms with E-state index in [0.717, 1.165) is 41.8 Å². The number of nitro groups is 1. The van der Waals surface area contributed by atoms with Gasteiger partial charge in [-0.05, 0) is 31.0 Å². The molecule has 2 rings (SSSR count). The van der Waals surface area contributed by atoms with Crippen LogP contribution in [-0.2, 0) is 14.8 Å². The normalized spacial score (nSPS) is 10.9. The van der Waals surface area contributed by atoms with Crippen LogP contribution in [0, 0.1) is 10.1 Å². The summed E-state index contributed by atoms with van der Waals surface area (Å²) >= 11 is 0. The van der Waals surface area contributed by atoms with E-state index in [1.54, 1.807) is 18.2 Å². The molecule has 10 heteroatoms. The van der Waals surface area contributed by atoms with Crippen LogP contribution in [0.15, 0.2) is 64.6 Å². The topological polar surface area (TPSA) is 122 Å². The largest absolute Gasteiger partial charge is 0.271 e. The number of hydrazone groups is 1. The van der Waals surface area contributed by atoms with Gasteiger partial charge in [-0.3, -0.25) is 19.2 Å². The Morgan fingerprint density at radius 1 is 1.06 bits per heavy atom. The molecule has 0 fully saturated rings. The van der Waals surface area contributed by atoms with Crippen molar-refractivity contribution in [2.24, 2.45) is 5.10 Å². The first-order valence-corrected chi connectivity index (χ1v) is 11.4. The van der Waals surface area contributed by atoms with E-state index in [0.29, 0.717) is 0 Å². The lowest BCUT2D eigenvalue weighted by Crippen LogP contribution is -2.39. The Kier molecular flexibility index (Phi) is 8.68. The van der Waals surface area contributed by atoms with Gasteiger partial charge in [-0.1, -0.05) is 51.0 Å². The number of sulfonamides is 1. The molecule has 1 amide bonds. The number of hydrogen-bond acceptors (Lipinski definition) is 6. The SMILES string of the molecule is CCCC(CCC)=NNC(=O)CN(c1cccc([N+](=O)[O-])c1)S(=O)(=O)c1ccccc1. The Morgan fingerprint density at radius 2 is 1.71 bits per heavy atom. The summed E-state index contributed by atoms with van der Waals surface area (Å²) in [6, 6.07) is 12.7. The number of benzene rings is 2. The minimum atomic E-state index is -4.15. The molecule has 0 unspecified atom stereocenters. The number of nitro benzene ring substituents is 1. The van der Waals surface area contributed by atoms with Gasteiger partial charge in [0.05, 0.1) is 15.5 Å². The first kappa shape index (κ1) is 24.0. The molecular weight excluding hydrogens is 420 g/mol. The van der Waals surface area contributed by atoms with Crippen LogP contribution in [0.3, 0.4) is 0 Å². The van der Waals surface area contributed by atoms with Crippen molar-refractivity contribution in [2.45, 2.75) is 44.4 Å². The van der Waals surface area contributed by atoms with Gasteiger partial charge in [-0.15, -0.1) is 0 Å². The predicted octanol–water partition coefficient (Wildman–Crippen LogP) is 3.86. The van der Waals surface area contributed by atoms with Gasteiger partial charge in [-0.25, -0.2) is 13.8 Å². The standard InChI is InChI=1S/C21H26N4O5S/c1-3-9-17(10-4-2)22-23-21(26)16-24(18-11-8-12-19(15-18)25(27)28)31(29,30)20-13-6-5-7-14-20/h5-8,11-15H,3-4,9-10,16H2,1-2H3,(H,23,26). The molecule has 0 heterocycles. The Morgan fingerprint density at radius 3 is 2.29 bits per heavy atom. The highest BCUT2D eigenvalue weighted by Crippen LogP contribution is 2.26. The van der Waals surface area contributed by atoms with E-state index in [2.05, 4.69) is 10.5 Å². The van der Waals surface area contributed by atoms with Crippen molar-refractivity contribution in [3.05, 3.63) is 64.7 Å². The van der Waals surface area contributed by atoms with Gasteiger partial charge in [0.25, 0.3) is 21.6 Å². The molecule has 9 nitrogen and oxygen atoms in total. The maximum atomic E-state index is 13.2. The van der Waals surface area contributed by atoms with Gasteiger partial charge in [-0.2, -0.15) is 5.10 Å². The summed E-state index contributed by atoms with van der Waals surface area (Å²) in [4.78, 5) is 23.1. The van der Waals surface area contributed by atoms with Gasteiger partial charge in [0.15, 0.2) is 0 Å². The zero-order valence-electron chi connectivity index (χ0n) is 17.5. The van der Waals surface area contributed by atoms with E-state index in [-0.39, 0.29) is 16.3 Å². The van der Waals surface area contributed by atoms with E-state index in [1.807, 2.05) is 13.8 Å². The molecule has 0 aliphatic rings. The van der Waals surface area contributed by atoms with E-state index in [9.17, 15) is 23.3 Å². The van der Waals surface area contributed by atoms with E-state index in [4.69, 9.17) is 0 Å². The minimum Gasteiger partial charge on any atom is -0.271 e. The van der Waals surface area contributed by atoms with Crippen molar-refractivity contribution < 1.29 is 18.1 Å². The first-order valence-electron chi connectivity index (χ1n) is 9.96. The summed E-state index contributed by atoms with van der Waals surface area (Å²) < 4.78 is 27.3. The summed E-state index contributed by atoms with van der Waals surface area (Å²) in [6.45, 7) is 3.43. The monoisotopic (exact) mass is 446 g/mol. The summed E-state index contributed by atoms with van der Waals surface area (Å²) in [7, 11) is -4.15. The minimum absolute atomic E-state index is 0.0134. The lowest BCUT2D eigenvalue weighted by atomic mass is 10.1. The summed E-state index contributed by atoms with van der Waals surface area (Å²) in [5.41, 5.74) is 2.98. The number of amides is 1. The second-order valence-corrected chi connectivity index (χ2v) is 8.68. The third kappa shape index (κ3) is 6.61. The van der Waals surface area contributed by atoms with Crippen LogP contribution in [-0.4, -0.2) is 31.5 Å². The molecule has 2 aromatic carbocycles. The third-order valence-corrected chi connectivity index (χ3v) is 6.15. The Balaban J connectivity index is 2.39. The Hall–Kier alpha value is -3.27. The summed E-state index contributed by atoms with van der Waals surface area (Å²) in [5.74, 6) is -0.643. The van der Waals surface area contributed by atoms with Crippen molar-refractivity contribution >= 4 is 33.0 Å². The molecule has 0 saturated carbocycles. The van der Waals surface area contributed by atoms with Crippen molar-refractivity contribution in [1.29, 1.82) is 0 Å². The van der Waals surface area contributed by atoms with Gasteiger partial charge >= 0.3 is 0 Å². The van der Waals surface area contributed by atoms with Crippen LogP contribution < -0.4 is 9.73 Å². The maximum absolute atomic E-state index is 13.2. The number of carbonyl (C=O) groups is 1. The molecule has 0 aliphatic carbocycles. The number of hydrogen-bond donors (Lipinski definition) is 1. The Bertz CT molecular complexity index is 1030. The van der Waals surface area contributed by atoms with E-state index < -0.39 is 27.4 Å². The fourth-order valence-electron chi connectivity index (χ4n) is 2.92. The molecule has 0 radical (unpaired) electrons. The summed E-state index contributed by atoms with van der Waals surface area (Å²) in [5, 5.41) is 15.3. The summed E-state index contributed by atoms with van der Waals surface area (Å²) in [6.07, 6.45) is 3.20. The van der Waals surface area contributed by atoms with Gasteiger partial charge in [0.1, 0.15) is 6.54 Å². The van der Waals surface area contributed by atoms with Crippen molar-refractivity contribution in [2.75, 3.05) is 10.8 Å². The molecular formula is C21H26N4O5S. The highest BCUT2D eigenvalue weighted by molar-refractivity contribution is 7.92. The third-order valence-electron chi connectivity index (χ3n) is 4.36. The van der Waals surface area contributed by atoms with Crippen LogP contribution in [0.5, 0.6) is 0 Å². The molecule has 2 aromatic rings. The zero-order valence-corrected chi connectivity index (χ0v) is 18.3. The fraction of sp³-hybridized carbons (Fsp3) is 0.333. The van der Waals surface area contributed by atoms with Crippen LogP contribution in [0.1, 0.15) is 39.5 Å². The molecule has 31 heavy (non-hydrogen) atoms. The van der Waals surface area contributed by atoms with Gasteiger partial charge in [0.2, 0.25) is 0 Å². The number of nitrogens with one attached hydrogen (secondary N) is 1. The molecule has 0 aromatic heterocycles. The highest BCUT2D eigenvalue weighted by atomic mass is 32.2. The van der Waals surface area contributed by atoms with Gasteiger partial charge < -0.3 is 0 Å². The number of rotatable bonds is 11. The first-order chi connectivity index (χ1) is 14.8. The molecule has 0 spiro atoms. The smallest absolute Gasteiger partial charge is 0.271 e. The van der Waals surface area contributed by atoms with Crippen LogP contribution >= 0.6 is 0 Å². The molecule has 0 bridgehead atoms. The van der Waals surface area contributed by atoms with E-state index in [1.165, 1.54) is 30.3 Å². The number of nitrogens with zero attached hydrogens (tertiary/aromatic N) is 3. The molecule has 0 atom stereocenters. The average molecular weight is 447 g/mol. The van der Waals surface area contributed by atoms with Crippen molar-refractivity contribution in [3.8, 4) is 0 Å². The lowest BCUT2D eigenvalue weighted by Gasteiger charge is -2.23. The second kappa shape index (κ2) is 11.2. The van der Waals surface area contributed by atoms with Crippen LogP contribution in [0.25, 0.3) is 0 Å². The zero-order chi connectivity index (χ0) is 22.9. The number of anilines is 1. The predicted molar refractivity (Wildman–Crippen MR) is 119 cm³/mol. The molecule has 0 aliphatic heterocycles. The second-order valence-electron chi connectivity index (χ2n) is 6.81. The molecule has 0 saturated heterocycles. The molecule has 1 N–H and O–H groups in total. The fourth-order valence-corrected chi connectivity index (χ4v) is 4.35. The number of carbonyl (C=O) groups excluding carboxylic acids is 1. The van der Waals surface area contributed by atoms with Crippen LogP contribution in [0.4, 0.5) is 11.4 Å². The Labute approximate surface area is 182 Å². The van der Waals surface area contributed by atoms with Crippen molar-refractivity contribution in [3.63, 3.8) is 0 Å². The molecule has 166 valence electrons. The van der Waals surface area contributed by atoms with Crippen LogP contribution in [0.2, 0.25) is 0 Å². The number of non-ortho nitro benzene ring substituents is 1.